The maximum atomic E-state index is 12.2. The fraction of sp³-hybridized carbons (Fsp3) is 0.304. The van der Waals surface area contributed by atoms with Crippen molar-refractivity contribution in [3.05, 3.63) is 59.7 Å². The van der Waals surface area contributed by atoms with Crippen LogP contribution in [0, 0.1) is 0 Å². The van der Waals surface area contributed by atoms with Crippen LogP contribution in [0.2, 0.25) is 0 Å². The van der Waals surface area contributed by atoms with Gasteiger partial charge in [0.1, 0.15) is 18.7 Å². The van der Waals surface area contributed by atoms with Crippen molar-refractivity contribution in [3.63, 3.8) is 0 Å². The number of carbonyl (C=O) groups is 4. The minimum Gasteiger partial charge on any atom is -0.481 e. The summed E-state index contributed by atoms with van der Waals surface area (Å²) in [6, 6.07) is 14.1. The second-order valence-corrected chi connectivity index (χ2v) is 7.76. The zero-order chi connectivity index (χ0) is 22.7. The first-order valence-corrected chi connectivity index (χ1v) is 10.4. The lowest BCUT2D eigenvalue weighted by atomic mass is 9.98. The average Bonchev–Trinajstić information content (AvgIpc) is 3.09. The molecule has 2 atom stereocenters. The molecule has 0 radical (unpaired) electrons. The molecule has 1 aliphatic heterocycles. The molecule has 1 heterocycles. The number of hydrogen-bond donors (Lipinski definition) is 4. The van der Waals surface area contributed by atoms with Crippen LogP contribution in [0.4, 0.5) is 4.79 Å². The summed E-state index contributed by atoms with van der Waals surface area (Å²) in [6.07, 6.45) is -0.942. The SMILES string of the molecule is O=C(O)C[C@H]1NC(=O)[C@@H](CCNC(=O)OCC2c3ccccc3-c3ccccc32)NC1=O. The van der Waals surface area contributed by atoms with Gasteiger partial charge in [0.05, 0.1) is 6.42 Å². The van der Waals surface area contributed by atoms with E-state index in [2.05, 4.69) is 28.1 Å². The molecule has 0 aromatic heterocycles. The molecule has 4 rings (SSSR count). The normalized spacial score (nSPS) is 19.4. The summed E-state index contributed by atoms with van der Waals surface area (Å²) >= 11 is 0. The van der Waals surface area contributed by atoms with E-state index in [1.54, 1.807) is 0 Å². The zero-order valence-electron chi connectivity index (χ0n) is 17.2. The van der Waals surface area contributed by atoms with Crippen LogP contribution in [0.5, 0.6) is 0 Å². The molecule has 1 aliphatic carbocycles. The highest BCUT2D eigenvalue weighted by Crippen LogP contribution is 2.44. The lowest BCUT2D eigenvalue weighted by Crippen LogP contribution is -2.62. The number of amides is 3. The zero-order valence-corrected chi connectivity index (χ0v) is 17.2. The van der Waals surface area contributed by atoms with Crippen LogP contribution >= 0.6 is 0 Å². The van der Waals surface area contributed by atoms with Gasteiger partial charge in [0.25, 0.3) is 0 Å². The molecule has 4 N–H and O–H groups in total. The lowest BCUT2D eigenvalue weighted by molar-refractivity contribution is -0.143. The third-order valence-electron chi connectivity index (χ3n) is 5.69. The first-order valence-electron chi connectivity index (χ1n) is 10.4. The van der Waals surface area contributed by atoms with Gasteiger partial charge in [-0.05, 0) is 28.7 Å². The van der Waals surface area contributed by atoms with Crippen molar-refractivity contribution in [2.45, 2.75) is 30.8 Å². The maximum Gasteiger partial charge on any atom is 0.407 e. The van der Waals surface area contributed by atoms with Gasteiger partial charge in [0, 0.05) is 12.5 Å². The van der Waals surface area contributed by atoms with E-state index in [1.807, 2.05) is 36.4 Å². The van der Waals surface area contributed by atoms with E-state index in [9.17, 15) is 19.2 Å². The molecule has 0 unspecified atom stereocenters. The Kier molecular flexibility index (Phi) is 6.07. The standard InChI is InChI=1S/C23H23N3O6/c27-20(28)11-19-22(30)25-18(21(29)26-19)9-10-24-23(31)32-12-17-15-7-3-1-5-13(15)14-6-2-4-8-16(14)17/h1-8,17-19H,9-12H2,(H,24,31)(H,25,30)(H,26,29)(H,27,28)/t18-,19-/m1/s1. The van der Waals surface area contributed by atoms with Gasteiger partial charge in [0.15, 0.2) is 0 Å². The number of benzene rings is 2. The quantitative estimate of drug-likeness (QED) is 0.517. The molecule has 2 aromatic carbocycles. The molecule has 9 nitrogen and oxygen atoms in total. The van der Waals surface area contributed by atoms with Crippen LogP contribution in [0.3, 0.4) is 0 Å². The number of alkyl carbamates (subject to hydrolysis) is 1. The summed E-state index contributed by atoms with van der Waals surface area (Å²) < 4.78 is 5.43. The van der Waals surface area contributed by atoms with E-state index in [0.29, 0.717) is 0 Å². The average molecular weight is 437 g/mol. The van der Waals surface area contributed by atoms with E-state index in [-0.39, 0.29) is 25.5 Å². The van der Waals surface area contributed by atoms with E-state index in [4.69, 9.17) is 9.84 Å². The summed E-state index contributed by atoms with van der Waals surface area (Å²) in [5.74, 6) is -2.27. The van der Waals surface area contributed by atoms with Gasteiger partial charge in [-0.25, -0.2) is 4.79 Å². The fourth-order valence-corrected chi connectivity index (χ4v) is 4.17. The van der Waals surface area contributed by atoms with Crippen LogP contribution in [0.25, 0.3) is 11.1 Å². The summed E-state index contributed by atoms with van der Waals surface area (Å²) in [6.45, 7) is 0.288. The van der Waals surface area contributed by atoms with E-state index >= 15 is 0 Å². The number of carboxylic acid groups (broad SMARTS) is 1. The van der Waals surface area contributed by atoms with Gasteiger partial charge in [0.2, 0.25) is 11.8 Å². The van der Waals surface area contributed by atoms with Crippen molar-refractivity contribution in [2.75, 3.05) is 13.2 Å². The minimum absolute atomic E-state index is 0.0530. The minimum atomic E-state index is -1.18. The van der Waals surface area contributed by atoms with E-state index in [1.165, 1.54) is 0 Å². The van der Waals surface area contributed by atoms with Crippen LogP contribution in [0.15, 0.2) is 48.5 Å². The first-order chi connectivity index (χ1) is 15.4. The van der Waals surface area contributed by atoms with Crippen molar-refractivity contribution >= 4 is 23.9 Å². The number of rotatable bonds is 7. The molecular weight excluding hydrogens is 414 g/mol. The molecule has 9 heteroatoms. The number of ether oxygens (including phenoxy) is 1. The topological polar surface area (TPSA) is 134 Å². The number of aliphatic carboxylic acids is 1. The Bertz CT molecular complexity index is 1020. The highest BCUT2D eigenvalue weighted by atomic mass is 16.5. The Morgan fingerprint density at radius 1 is 0.906 bits per heavy atom. The smallest absolute Gasteiger partial charge is 0.407 e. The molecule has 3 amide bonds. The molecule has 32 heavy (non-hydrogen) atoms. The summed E-state index contributed by atoms with van der Waals surface area (Å²) in [5.41, 5.74) is 4.49. The Labute approximate surface area is 184 Å². The number of fused-ring (bicyclic) bond motifs is 3. The fourth-order valence-electron chi connectivity index (χ4n) is 4.17. The molecule has 2 aromatic rings. The van der Waals surface area contributed by atoms with Gasteiger partial charge in [-0.3, -0.25) is 14.4 Å². The largest absolute Gasteiger partial charge is 0.481 e. The predicted octanol–water partition coefficient (Wildman–Crippen LogP) is 1.37. The third kappa shape index (κ3) is 4.41. The number of carboxylic acids is 1. The number of piperazine rings is 1. The van der Waals surface area contributed by atoms with Crippen LogP contribution in [-0.4, -0.2) is 54.2 Å². The molecule has 166 valence electrons. The molecule has 2 aliphatic rings. The van der Waals surface area contributed by atoms with Gasteiger partial charge >= 0.3 is 12.1 Å². The highest BCUT2D eigenvalue weighted by Gasteiger charge is 2.34. The molecule has 0 spiro atoms. The van der Waals surface area contributed by atoms with Gasteiger partial charge in [-0.2, -0.15) is 0 Å². The van der Waals surface area contributed by atoms with Crippen molar-refractivity contribution < 1.29 is 29.0 Å². The Morgan fingerprint density at radius 2 is 1.47 bits per heavy atom. The second kappa shape index (κ2) is 9.09. The predicted molar refractivity (Wildman–Crippen MR) is 114 cm³/mol. The monoisotopic (exact) mass is 437 g/mol. The van der Waals surface area contributed by atoms with Crippen LogP contribution in [0.1, 0.15) is 29.9 Å². The van der Waals surface area contributed by atoms with Gasteiger partial charge in [-0.15, -0.1) is 0 Å². The third-order valence-corrected chi connectivity index (χ3v) is 5.69. The number of hydrogen-bond acceptors (Lipinski definition) is 5. The number of nitrogens with one attached hydrogen (secondary N) is 3. The molecule has 0 saturated carbocycles. The summed E-state index contributed by atoms with van der Waals surface area (Å²) in [7, 11) is 0. The first kappa shape index (κ1) is 21.4. The van der Waals surface area contributed by atoms with Crippen molar-refractivity contribution in [2.24, 2.45) is 0 Å². The Hall–Kier alpha value is -3.88. The maximum absolute atomic E-state index is 12.2. The Balaban J connectivity index is 1.26. The van der Waals surface area contributed by atoms with Gasteiger partial charge in [-0.1, -0.05) is 48.5 Å². The summed E-state index contributed by atoms with van der Waals surface area (Å²) in [4.78, 5) is 47.0. The second-order valence-electron chi connectivity index (χ2n) is 7.76. The van der Waals surface area contributed by atoms with Crippen LogP contribution in [-0.2, 0) is 19.1 Å². The Morgan fingerprint density at radius 3 is 2.09 bits per heavy atom. The van der Waals surface area contributed by atoms with Crippen molar-refractivity contribution in [1.29, 1.82) is 0 Å². The number of carbonyl (C=O) groups excluding carboxylic acids is 3. The van der Waals surface area contributed by atoms with E-state index in [0.717, 1.165) is 22.3 Å². The highest BCUT2D eigenvalue weighted by molar-refractivity contribution is 5.98. The van der Waals surface area contributed by atoms with Crippen molar-refractivity contribution in [3.8, 4) is 11.1 Å². The molecule has 1 saturated heterocycles. The lowest BCUT2D eigenvalue weighted by Gasteiger charge is -2.28. The van der Waals surface area contributed by atoms with E-state index < -0.39 is 42.4 Å². The van der Waals surface area contributed by atoms with Crippen molar-refractivity contribution in [1.82, 2.24) is 16.0 Å². The van der Waals surface area contributed by atoms with Crippen LogP contribution < -0.4 is 16.0 Å². The molecule has 0 bridgehead atoms. The van der Waals surface area contributed by atoms with Gasteiger partial charge < -0.3 is 25.8 Å². The molecule has 1 fully saturated rings. The summed E-state index contributed by atoms with van der Waals surface area (Å²) in [5, 5.41) is 16.3. The molecular formula is C23H23N3O6.